The van der Waals surface area contributed by atoms with Gasteiger partial charge in [0.2, 0.25) is 0 Å². The number of benzene rings is 1. The second-order valence-corrected chi connectivity index (χ2v) is 8.03. The van der Waals surface area contributed by atoms with Gasteiger partial charge in [-0.1, -0.05) is 12.1 Å². The van der Waals surface area contributed by atoms with Crippen LogP contribution in [0.5, 0.6) is 0 Å². The van der Waals surface area contributed by atoms with Crippen molar-refractivity contribution in [3.8, 4) is 5.82 Å². The van der Waals surface area contributed by atoms with E-state index in [1.54, 1.807) is 6.33 Å². The first-order chi connectivity index (χ1) is 13.9. The molecule has 7 nitrogen and oxygen atoms in total. The van der Waals surface area contributed by atoms with E-state index in [2.05, 4.69) is 35.8 Å². The van der Waals surface area contributed by atoms with Crippen LogP contribution < -0.4 is 4.90 Å². The van der Waals surface area contributed by atoms with Crippen LogP contribution in [0.3, 0.4) is 0 Å². The number of amides is 1. The standard InChI is InChI=1S/C21H23BrN6O/c1-14-15(2)28(13-23-14)20-12-19(24-16(3)25-20)26-8-10-27(11-9-26)21(29)17-6-4-5-7-18(17)22/h4-7,12-13H,8-11H2,1-3H3. The highest BCUT2D eigenvalue weighted by molar-refractivity contribution is 9.10. The molecule has 1 saturated heterocycles. The number of aromatic nitrogens is 4. The lowest BCUT2D eigenvalue weighted by atomic mass is 10.2. The molecule has 2 aromatic heterocycles. The predicted molar refractivity (Wildman–Crippen MR) is 116 cm³/mol. The minimum Gasteiger partial charge on any atom is -0.353 e. The van der Waals surface area contributed by atoms with Crippen LogP contribution in [0.1, 0.15) is 27.6 Å². The zero-order valence-electron chi connectivity index (χ0n) is 16.8. The summed E-state index contributed by atoms with van der Waals surface area (Å²) in [6.07, 6.45) is 1.80. The van der Waals surface area contributed by atoms with Gasteiger partial charge in [-0.2, -0.15) is 0 Å². The van der Waals surface area contributed by atoms with E-state index >= 15 is 0 Å². The number of aryl methyl sites for hydroxylation is 2. The molecule has 0 unspecified atom stereocenters. The van der Waals surface area contributed by atoms with Crippen molar-refractivity contribution < 1.29 is 4.79 Å². The third-order valence-electron chi connectivity index (χ3n) is 5.30. The fourth-order valence-corrected chi connectivity index (χ4v) is 3.95. The maximum Gasteiger partial charge on any atom is 0.255 e. The van der Waals surface area contributed by atoms with Crippen LogP contribution >= 0.6 is 15.9 Å². The highest BCUT2D eigenvalue weighted by Gasteiger charge is 2.24. The molecule has 1 amide bonds. The van der Waals surface area contributed by atoms with Gasteiger partial charge >= 0.3 is 0 Å². The zero-order valence-corrected chi connectivity index (χ0v) is 18.3. The molecule has 0 atom stereocenters. The average Bonchev–Trinajstić information content (AvgIpc) is 3.06. The quantitative estimate of drug-likeness (QED) is 0.607. The SMILES string of the molecule is Cc1nc(N2CCN(C(=O)c3ccccc3Br)CC2)cc(-n2cnc(C)c2C)n1. The molecule has 0 aliphatic carbocycles. The molecule has 3 heterocycles. The van der Waals surface area contributed by atoms with Crippen LogP contribution in [-0.4, -0.2) is 56.5 Å². The maximum atomic E-state index is 12.8. The highest BCUT2D eigenvalue weighted by Crippen LogP contribution is 2.22. The smallest absolute Gasteiger partial charge is 0.255 e. The van der Waals surface area contributed by atoms with Gasteiger partial charge < -0.3 is 9.80 Å². The summed E-state index contributed by atoms with van der Waals surface area (Å²) >= 11 is 3.48. The second-order valence-electron chi connectivity index (χ2n) is 7.18. The molecule has 4 rings (SSSR count). The molecule has 150 valence electrons. The number of carbonyl (C=O) groups excluding carboxylic acids is 1. The first-order valence-electron chi connectivity index (χ1n) is 9.59. The lowest BCUT2D eigenvalue weighted by Crippen LogP contribution is -2.49. The Bertz CT molecular complexity index is 1060. The Balaban J connectivity index is 1.51. The summed E-state index contributed by atoms with van der Waals surface area (Å²) < 4.78 is 2.81. The van der Waals surface area contributed by atoms with Gasteiger partial charge in [0.25, 0.3) is 5.91 Å². The van der Waals surface area contributed by atoms with Gasteiger partial charge in [0.15, 0.2) is 0 Å². The summed E-state index contributed by atoms with van der Waals surface area (Å²) in [5.74, 6) is 2.47. The van der Waals surface area contributed by atoms with E-state index in [0.29, 0.717) is 18.7 Å². The Morgan fingerprint density at radius 3 is 2.34 bits per heavy atom. The number of carbonyl (C=O) groups is 1. The van der Waals surface area contributed by atoms with E-state index in [-0.39, 0.29) is 5.91 Å². The van der Waals surface area contributed by atoms with E-state index in [0.717, 1.165) is 46.4 Å². The van der Waals surface area contributed by atoms with Crippen molar-refractivity contribution in [3.63, 3.8) is 0 Å². The van der Waals surface area contributed by atoms with Gasteiger partial charge in [-0.05, 0) is 48.8 Å². The van der Waals surface area contributed by atoms with E-state index in [9.17, 15) is 4.79 Å². The van der Waals surface area contributed by atoms with E-state index < -0.39 is 0 Å². The average molecular weight is 455 g/mol. The number of halogens is 1. The van der Waals surface area contributed by atoms with Crippen LogP contribution in [-0.2, 0) is 0 Å². The van der Waals surface area contributed by atoms with Crippen molar-refractivity contribution in [3.05, 3.63) is 63.9 Å². The van der Waals surface area contributed by atoms with Crippen molar-refractivity contribution in [1.29, 1.82) is 0 Å². The predicted octanol–water partition coefficient (Wildman–Crippen LogP) is 3.31. The molecule has 1 fully saturated rings. The lowest BCUT2D eigenvalue weighted by molar-refractivity contribution is 0.0745. The molecule has 0 spiro atoms. The minimum atomic E-state index is 0.0567. The summed E-state index contributed by atoms with van der Waals surface area (Å²) in [4.78, 5) is 30.5. The topological polar surface area (TPSA) is 67.2 Å². The monoisotopic (exact) mass is 454 g/mol. The highest BCUT2D eigenvalue weighted by atomic mass is 79.9. The number of hydrogen-bond acceptors (Lipinski definition) is 5. The van der Waals surface area contributed by atoms with Gasteiger partial charge in [0.1, 0.15) is 23.8 Å². The van der Waals surface area contributed by atoms with Crippen molar-refractivity contribution in [2.45, 2.75) is 20.8 Å². The molecule has 1 aromatic carbocycles. The fraction of sp³-hybridized carbons (Fsp3) is 0.333. The second kappa shape index (κ2) is 7.94. The molecule has 0 saturated carbocycles. The Hall–Kier alpha value is -2.74. The van der Waals surface area contributed by atoms with Gasteiger partial charge in [0.05, 0.1) is 11.3 Å². The lowest BCUT2D eigenvalue weighted by Gasteiger charge is -2.35. The molecule has 0 radical (unpaired) electrons. The molecule has 29 heavy (non-hydrogen) atoms. The van der Waals surface area contributed by atoms with Gasteiger partial charge in [0, 0.05) is 42.4 Å². The molecule has 1 aliphatic heterocycles. The van der Waals surface area contributed by atoms with Gasteiger partial charge in [-0.3, -0.25) is 9.36 Å². The Morgan fingerprint density at radius 1 is 1.00 bits per heavy atom. The number of piperazine rings is 1. The third kappa shape index (κ3) is 3.89. The van der Waals surface area contributed by atoms with Crippen LogP contribution in [0.25, 0.3) is 5.82 Å². The summed E-state index contributed by atoms with van der Waals surface area (Å²) in [7, 11) is 0. The van der Waals surface area contributed by atoms with E-state index in [1.807, 2.05) is 60.6 Å². The third-order valence-corrected chi connectivity index (χ3v) is 6.00. The summed E-state index contributed by atoms with van der Waals surface area (Å²) in [6, 6.07) is 9.55. The molecular weight excluding hydrogens is 432 g/mol. The summed E-state index contributed by atoms with van der Waals surface area (Å²) in [5, 5.41) is 0. The van der Waals surface area contributed by atoms with E-state index in [4.69, 9.17) is 0 Å². The van der Waals surface area contributed by atoms with Crippen molar-refractivity contribution in [2.24, 2.45) is 0 Å². The largest absolute Gasteiger partial charge is 0.353 e. The number of nitrogens with zero attached hydrogens (tertiary/aromatic N) is 6. The Morgan fingerprint density at radius 2 is 1.69 bits per heavy atom. The van der Waals surface area contributed by atoms with Crippen molar-refractivity contribution >= 4 is 27.7 Å². The molecule has 8 heteroatoms. The van der Waals surface area contributed by atoms with Crippen LogP contribution in [0, 0.1) is 20.8 Å². The van der Waals surface area contributed by atoms with Crippen LogP contribution in [0.15, 0.2) is 41.1 Å². The van der Waals surface area contributed by atoms with Gasteiger partial charge in [-0.15, -0.1) is 0 Å². The molecule has 3 aromatic rings. The van der Waals surface area contributed by atoms with Crippen LogP contribution in [0.2, 0.25) is 0 Å². The molecular formula is C21H23BrN6O. The van der Waals surface area contributed by atoms with Gasteiger partial charge in [-0.25, -0.2) is 15.0 Å². The normalized spacial score (nSPS) is 14.3. The number of hydrogen-bond donors (Lipinski definition) is 0. The number of imidazole rings is 1. The number of anilines is 1. The van der Waals surface area contributed by atoms with Crippen LogP contribution in [0.4, 0.5) is 5.82 Å². The van der Waals surface area contributed by atoms with Crippen molar-refractivity contribution in [2.75, 3.05) is 31.1 Å². The van der Waals surface area contributed by atoms with E-state index in [1.165, 1.54) is 0 Å². The minimum absolute atomic E-state index is 0.0567. The Kier molecular flexibility index (Phi) is 5.36. The maximum absolute atomic E-state index is 12.8. The van der Waals surface area contributed by atoms with Crippen molar-refractivity contribution in [1.82, 2.24) is 24.4 Å². The molecule has 0 bridgehead atoms. The zero-order chi connectivity index (χ0) is 20.5. The Labute approximate surface area is 178 Å². The molecule has 0 N–H and O–H groups in total. The summed E-state index contributed by atoms with van der Waals surface area (Å²) in [6.45, 7) is 8.69. The molecule has 1 aliphatic rings. The summed E-state index contributed by atoms with van der Waals surface area (Å²) in [5.41, 5.74) is 2.76. The first-order valence-corrected chi connectivity index (χ1v) is 10.4. The first kappa shape index (κ1) is 19.6. The fourth-order valence-electron chi connectivity index (χ4n) is 3.50. The number of rotatable bonds is 3.